The Morgan fingerprint density at radius 3 is 2.26 bits per heavy atom. The lowest BCUT2D eigenvalue weighted by atomic mass is 9.82. The maximum atomic E-state index is 13.0. The van der Waals surface area contributed by atoms with E-state index in [0.29, 0.717) is 19.4 Å². The van der Waals surface area contributed by atoms with E-state index < -0.39 is 11.3 Å². The molecular formula is C19H26N2O2. The highest BCUT2D eigenvalue weighted by Crippen LogP contribution is 2.51. The fourth-order valence-electron chi connectivity index (χ4n) is 3.49. The van der Waals surface area contributed by atoms with Crippen LogP contribution in [0, 0.1) is 5.41 Å². The summed E-state index contributed by atoms with van der Waals surface area (Å²) in [6.45, 7) is 11.4. The molecule has 1 aliphatic carbocycles. The maximum Gasteiger partial charge on any atom is 0.242 e. The van der Waals surface area contributed by atoms with Crippen molar-refractivity contribution in [1.29, 1.82) is 0 Å². The molecule has 1 aromatic rings. The summed E-state index contributed by atoms with van der Waals surface area (Å²) in [6, 6.07) is 6.39. The molecule has 0 atom stereocenters. The maximum absolute atomic E-state index is 13.0. The molecule has 0 aromatic heterocycles. The zero-order chi connectivity index (χ0) is 17.2. The van der Waals surface area contributed by atoms with Gasteiger partial charge >= 0.3 is 0 Å². The van der Waals surface area contributed by atoms with E-state index in [0.717, 1.165) is 5.69 Å². The molecule has 1 aromatic carbocycles. The van der Waals surface area contributed by atoms with Crippen LogP contribution in [0.25, 0.3) is 0 Å². The van der Waals surface area contributed by atoms with Crippen LogP contribution in [0.3, 0.4) is 0 Å². The predicted molar refractivity (Wildman–Crippen MR) is 91.4 cm³/mol. The molecule has 0 saturated heterocycles. The van der Waals surface area contributed by atoms with Crippen LogP contribution in [0.15, 0.2) is 18.2 Å². The Labute approximate surface area is 138 Å². The minimum atomic E-state index is -0.963. The molecule has 4 heteroatoms. The van der Waals surface area contributed by atoms with E-state index >= 15 is 0 Å². The summed E-state index contributed by atoms with van der Waals surface area (Å²) in [7, 11) is 0. The zero-order valence-corrected chi connectivity index (χ0v) is 14.7. The Morgan fingerprint density at radius 1 is 1.17 bits per heavy atom. The average molecular weight is 314 g/mol. The van der Waals surface area contributed by atoms with Gasteiger partial charge in [-0.1, -0.05) is 46.8 Å². The molecule has 1 aliphatic heterocycles. The molecule has 1 fully saturated rings. The second kappa shape index (κ2) is 4.59. The van der Waals surface area contributed by atoms with E-state index in [2.05, 4.69) is 52.8 Å². The highest BCUT2D eigenvalue weighted by molar-refractivity contribution is 6.14. The quantitative estimate of drug-likeness (QED) is 0.853. The highest BCUT2D eigenvalue weighted by atomic mass is 16.2. The second-order valence-electron chi connectivity index (χ2n) is 8.70. The number of rotatable bonds is 2. The van der Waals surface area contributed by atoms with Gasteiger partial charge in [0.15, 0.2) is 0 Å². The molecule has 1 heterocycles. The van der Waals surface area contributed by atoms with Crippen LogP contribution < -0.4 is 10.6 Å². The summed E-state index contributed by atoms with van der Waals surface area (Å²) in [4.78, 5) is 26.6. The Morgan fingerprint density at radius 2 is 1.78 bits per heavy atom. The van der Waals surface area contributed by atoms with Crippen molar-refractivity contribution in [3.05, 3.63) is 29.3 Å². The Hall–Kier alpha value is -1.84. The van der Waals surface area contributed by atoms with Crippen molar-refractivity contribution in [2.45, 2.75) is 58.3 Å². The highest BCUT2D eigenvalue weighted by Gasteiger charge is 2.58. The van der Waals surface area contributed by atoms with Crippen molar-refractivity contribution in [2.75, 3.05) is 11.4 Å². The van der Waals surface area contributed by atoms with Crippen molar-refractivity contribution >= 4 is 17.5 Å². The van der Waals surface area contributed by atoms with Crippen molar-refractivity contribution in [3.63, 3.8) is 0 Å². The van der Waals surface area contributed by atoms with Gasteiger partial charge in [-0.3, -0.25) is 9.59 Å². The van der Waals surface area contributed by atoms with Crippen LogP contribution >= 0.6 is 0 Å². The molecule has 3 rings (SSSR count). The summed E-state index contributed by atoms with van der Waals surface area (Å²) in [5, 5.41) is 0. The van der Waals surface area contributed by atoms with E-state index in [1.807, 2.05) is 0 Å². The zero-order valence-electron chi connectivity index (χ0n) is 14.7. The van der Waals surface area contributed by atoms with Gasteiger partial charge in [0.05, 0.1) is 0 Å². The smallest absolute Gasteiger partial charge is 0.242 e. The largest absolute Gasteiger partial charge is 0.369 e. The lowest BCUT2D eigenvalue weighted by Crippen LogP contribution is -2.44. The topological polar surface area (TPSA) is 63.4 Å². The van der Waals surface area contributed by atoms with Gasteiger partial charge in [0.1, 0.15) is 5.41 Å². The lowest BCUT2D eigenvalue weighted by Gasteiger charge is -2.25. The lowest BCUT2D eigenvalue weighted by molar-refractivity contribution is -0.133. The number of benzene rings is 1. The molecule has 0 spiro atoms. The Bertz CT molecular complexity index is 694. The Kier molecular flexibility index (Phi) is 3.20. The fraction of sp³-hybridized carbons (Fsp3) is 0.579. The SMILES string of the molecule is CC(C)(C)c1ccc2c(c1)N(C(=O)C1(C(N)=O)CC1)CC2(C)C. The first-order valence-electron chi connectivity index (χ1n) is 8.26. The number of carbonyl (C=O) groups is 2. The first-order valence-corrected chi connectivity index (χ1v) is 8.26. The predicted octanol–water partition coefficient (Wildman–Crippen LogP) is 2.87. The monoisotopic (exact) mass is 314 g/mol. The first-order chi connectivity index (χ1) is 10.5. The summed E-state index contributed by atoms with van der Waals surface area (Å²) >= 11 is 0. The third kappa shape index (κ3) is 2.35. The third-order valence-electron chi connectivity index (χ3n) is 5.31. The second-order valence-corrected chi connectivity index (χ2v) is 8.70. The molecule has 2 aliphatic rings. The van der Waals surface area contributed by atoms with E-state index in [9.17, 15) is 9.59 Å². The first kappa shape index (κ1) is 16.0. The van der Waals surface area contributed by atoms with Gasteiger partial charge in [0.2, 0.25) is 11.8 Å². The molecule has 4 nitrogen and oxygen atoms in total. The Balaban J connectivity index is 2.07. The number of amides is 2. The summed E-state index contributed by atoms with van der Waals surface area (Å²) in [5.41, 5.74) is 7.73. The van der Waals surface area contributed by atoms with Gasteiger partial charge in [-0.05, 0) is 35.4 Å². The van der Waals surface area contributed by atoms with Gasteiger partial charge < -0.3 is 10.6 Å². The van der Waals surface area contributed by atoms with Gasteiger partial charge in [-0.15, -0.1) is 0 Å². The van der Waals surface area contributed by atoms with Crippen LogP contribution in [-0.2, 0) is 20.4 Å². The number of anilines is 1. The standard InChI is InChI=1S/C19H26N2O2/c1-17(2,3)12-6-7-13-14(10-12)21(11-18(13,4)5)16(23)19(8-9-19)15(20)22/h6-7,10H,8-9,11H2,1-5H3,(H2,20,22). The number of primary amides is 1. The summed E-state index contributed by atoms with van der Waals surface area (Å²) < 4.78 is 0. The van der Waals surface area contributed by atoms with Crippen molar-refractivity contribution in [2.24, 2.45) is 11.1 Å². The summed E-state index contributed by atoms with van der Waals surface area (Å²) in [6.07, 6.45) is 1.15. The molecule has 23 heavy (non-hydrogen) atoms. The fourth-order valence-corrected chi connectivity index (χ4v) is 3.49. The number of hydrogen-bond acceptors (Lipinski definition) is 2. The minimum Gasteiger partial charge on any atom is -0.369 e. The van der Waals surface area contributed by atoms with E-state index in [-0.39, 0.29) is 16.7 Å². The van der Waals surface area contributed by atoms with Crippen molar-refractivity contribution < 1.29 is 9.59 Å². The van der Waals surface area contributed by atoms with Crippen molar-refractivity contribution in [3.8, 4) is 0 Å². The van der Waals surface area contributed by atoms with Crippen LogP contribution in [0.2, 0.25) is 0 Å². The number of nitrogens with two attached hydrogens (primary N) is 1. The van der Waals surface area contributed by atoms with Crippen LogP contribution in [-0.4, -0.2) is 18.4 Å². The minimum absolute atomic E-state index is 0.0113. The van der Waals surface area contributed by atoms with Gasteiger partial charge in [-0.25, -0.2) is 0 Å². The number of carbonyl (C=O) groups excluding carboxylic acids is 2. The van der Waals surface area contributed by atoms with Gasteiger partial charge in [-0.2, -0.15) is 0 Å². The number of hydrogen-bond donors (Lipinski definition) is 1. The third-order valence-corrected chi connectivity index (χ3v) is 5.31. The van der Waals surface area contributed by atoms with E-state index in [1.54, 1.807) is 4.90 Å². The van der Waals surface area contributed by atoms with E-state index in [4.69, 9.17) is 5.73 Å². The van der Waals surface area contributed by atoms with Crippen LogP contribution in [0.4, 0.5) is 5.69 Å². The van der Waals surface area contributed by atoms with E-state index in [1.165, 1.54) is 11.1 Å². The molecule has 2 amide bonds. The average Bonchev–Trinajstić information content (AvgIpc) is 3.19. The van der Waals surface area contributed by atoms with Gasteiger partial charge in [0, 0.05) is 17.6 Å². The molecule has 0 bridgehead atoms. The van der Waals surface area contributed by atoms with Crippen molar-refractivity contribution in [1.82, 2.24) is 0 Å². The molecule has 124 valence electrons. The molecule has 1 saturated carbocycles. The van der Waals surface area contributed by atoms with Gasteiger partial charge in [0.25, 0.3) is 0 Å². The van der Waals surface area contributed by atoms with Crippen LogP contribution in [0.5, 0.6) is 0 Å². The molecule has 2 N–H and O–H groups in total. The normalized spacial score (nSPS) is 21.0. The summed E-state index contributed by atoms with van der Waals surface area (Å²) in [5.74, 6) is -0.608. The number of nitrogens with zero attached hydrogens (tertiary/aromatic N) is 1. The molecule has 0 radical (unpaired) electrons. The number of fused-ring (bicyclic) bond motifs is 1. The molecule has 0 unspecified atom stereocenters. The van der Waals surface area contributed by atoms with Crippen LogP contribution in [0.1, 0.15) is 58.6 Å². The molecular weight excluding hydrogens is 288 g/mol.